The molecule has 0 spiro atoms. The number of nitrogens with zero attached hydrogens (tertiary/aromatic N) is 2. The minimum atomic E-state index is -0.437. The van der Waals surface area contributed by atoms with Crippen LogP contribution in [0.2, 0.25) is 5.02 Å². The van der Waals surface area contributed by atoms with Crippen LogP contribution < -0.4 is 19.6 Å². The van der Waals surface area contributed by atoms with Crippen LogP contribution in [0.5, 0.6) is 17.2 Å². The molecule has 1 heterocycles. The summed E-state index contributed by atoms with van der Waals surface area (Å²) < 4.78 is 15.9. The minimum Gasteiger partial charge on any atom is -0.493 e. The summed E-state index contributed by atoms with van der Waals surface area (Å²) in [5.41, 5.74) is 4.79. The van der Waals surface area contributed by atoms with E-state index in [9.17, 15) is 4.79 Å². The molecule has 3 rings (SSSR count). The highest BCUT2D eigenvalue weighted by Gasteiger charge is 2.15. The molecule has 150 valence electrons. The molecule has 9 heteroatoms. The van der Waals surface area contributed by atoms with Gasteiger partial charge in [-0.3, -0.25) is 9.89 Å². The second-order valence-corrected chi connectivity index (χ2v) is 6.23. The van der Waals surface area contributed by atoms with E-state index in [0.717, 1.165) is 5.56 Å². The van der Waals surface area contributed by atoms with Crippen molar-refractivity contribution in [1.29, 1.82) is 0 Å². The predicted octanol–water partition coefficient (Wildman–Crippen LogP) is 3.52. The first-order chi connectivity index (χ1) is 14.1. The Morgan fingerprint density at radius 2 is 1.79 bits per heavy atom. The smallest absolute Gasteiger partial charge is 0.289 e. The average molecular weight is 415 g/mol. The molecule has 0 saturated heterocycles. The Morgan fingerprint density at radius 3 is 2.45 bits per heavy atom. The number of amides is 1. The molecule has 8 nitrogen and oxygen atoms in total. The molecule has 0 aliphatic rings. The molecule has 1 aromatic heterocycles. The van der Waals surface area contributed by atoms with E-state index in [4.69, 9.17) is 25.8 Å². The summed E-state index contributed by atoms with van der Waals surface area (Å²) in [4.78, 5) is 12.3. The summed E-state index contributed by atoms with van der Waals surface area (Å²) in [5.74, 6) is 0.967. The number of hydrazone groups is 1. The van der Waals surface area contributed by atoms with E-state index in [0.29, 0.717) is 33.5 Å². The number of aromatic nitrogens is 2. The van der Waals surface area contributed by atoms with Gasteiger partial charge in [0.25, 0.3) is 5.91 Å². The lowest BCUT2D eigenvalue weighted by Gasteiger charge is -2.13. The number of halogens is 1. The number of rotatable bonds is 7. The number of hydrogen-bond acceptors (Lipinski definition) is 6. The van der Waals surface area contributed by atoms with Crippen molar-refractivity contribution in [3.63, 3.8) is 0 Å². The summed E-state index contributed by atoms with van der Waals surface area (Å²) in [6.07, 6.45) is 1.45. The molecule has 0 aliphatic carbocycles. The van der Waals surface area contributed by atoms with E-state index < -0.39 is 5.91 Å². The maximum atomic E-state index is 12.3. The molecule has 0 aliphatic heterocycles. The van der Waals surface area contributed by atoms with Gasteiger partial charge in [0.05, 0.1) is 33.2 Å². The zero-order valence-corrected chi connectivity index (χ0v) is 16.8. The second-order valence-electron chi connectivity index (χ2n) is 5.80. The molecule has 1 amide bonds. The molecule has 0 saturated carbocycles. The van der Waals surface area contributed by atoms with Crippen LogP contribution in [0, 0.1) is 0 Å². The van der Waals surface area contributed by atoms with E-state index in [2.05, 4.69) is 20.7 Å². The van der Waals surface area contributed by atoms with Crippen LogP contribution in [-0.2, 0) is 0 Å². The number of carbonyl (C=O) groups excluding carboxylic acids is 1. The lowest BCUT2D eigenvalue weighted by molar-refractivity contribution is 0.0950. The molecule has 2 aromatic carbocycles. The number of benzene rings is 2. The van der Waals surface area contributed by atoms with E-state index in [-0.39, 0.29) is 5.69 Å². The van der Waals surface area contributed by atoms with Gasteiger partial charge in [-0.15, -0.1) is 0 Å². The number of aromatic amines is 1. The molecule has 0 atom stereocenters. The lowest BCUT2D eigenvalue weighted by atomic mass is 10.1. The average Bonchev–Trinajstić information content (AvgIpc) is 3.24. The normalized spacial score (nSPS) is 10.8. The fourth-order valence-electron chi connectivity index (χ4n) is 2.65. The van der Waals surface area contributed by atoms with Crippen LogP contribution in [0.15, 0.2) is 47.6 Å². The van der Waals surface area contributed by atoms with Crippen LogP contribution in [-0.4, -0.2) is 43.6 Å². The van der Waals surface area contributed by atoms with Crippen molar-refractivity contribution in [2.24, 2.45) is 5.10 Å². The summed E-state index contributed by atoms with van der Waals surface area (Å²) in [7, 11) is 4.56. The fraction of sp³-hybridized carbons (Fsp3) is 0.150. The Balaban J connectivity index is 1.73. The number of nitrogens with one attached hydrogen (secondary N) is 2. The third-order valence-electron chi connectivity index (χ3n) is 4.07. The predicted molar refractivity (Wildman–Crippen MR) is 110 cm³/mol. The molecule has 3 aromatic rings. The van der Waals surface area contributed by atoms with Gasteiger partial charge in [0, 0.05) is 16.1 Å². The Hall–Kier alpha value is -3.52. The number of ether oxygens (including phenoxy) is 3. The van der Waals surface area contributed by atoms with Gasteiger partial charge in [0.15, 0.2) is 11.5 Å². The quantitative estimate of drug-likeness (QED) is 0.455. The van der Waals surface area contributed by atoms with Gasteiger partial charge in [-0.1, -0.05) is 23.7 Å². The molecule has 29 heavy (non-hydrogen) atoms. The van der Waals surface area contributed by atoms with Crippen LogP contribution in [0.25, 0.3) is 11.3 Å². The lowest BCUT2D eigenvalue weighted by Crippen LogP contribution is -2.18. The third kappa shape index (κ3) is 4.49. The Bertz CT molecular complexity index is 1030. The van der Waals surface area contributed by atoms with Crippen molar-refractivity contribution in [3.05, 3.63) is 58.7 Å². The molecule has 0 radical (unpaired) electrons. The maximum Gasteiger partial charge on any atom is 0.289 e. The highest BCUT2D eigenvalue weighted by Crippen LogP contribution is 2.38. The van der Waals surface area contributed by atoms with Gasteiger partial charge < -0.3 is 14.2 Å². The van der Waals surface area contributed by atoms with Crippen molar-refractivity contribution < 1.29 is 19.0 Å². The molecule has 2 N–H and O–H groups in total. The van der Waals surface area contributed by atoms with Gasteiger partial charge in [-0.05, 0) is 30.3 Å². The van der Waals surface area contributed by atoms with Gasteiger partial charge in [-0.2, -0.15) is 10.2 Å². The van der Waals surface area contributed by atoms with Crippen LogP contribution in [0.1, 0.15) is 16.1 Å². The van der Waals surface area contributed by atoms with Crippen LogP contribution in [0.3, 0.4) is 0 Å². The highest BCUT2D eigenvalue weighted by atomic mass is 35.5. The largest absolute Gasteiger partial charge is 0.493 e. The third-order valence-corrected chi connectivity index (χ3v) is 4.32. The molecule has 0 unspecified atom stereocenters. The fourth-order valence-corrected chi connectivity index (χ4v) is 2.78. The van der Waals surface area contributed by atoms with Gasteiger partial charge in [0.1, 0.15) is 5.69 Å². The van der Waals surface area contributed by atoms with Gasteiger partial charge in [-0.25, -0.2) is 5.43 Å². The molecular formula is C20H19ClN4O4. The van der Waals surface area contributed by atoms with Gasteiger partial charge >= 0.3 is 0 Å². The van der Waals surface area contributed by atoms with Crippen LogP contribution in [0.4, 0.5) is 0 Å². The topological polar surface area (TPSA) is 97.8 Å². The molecule has 0 bridgehead atoms. The first-order valence-electron chi connectivity index (χ1n) is 8.51. The maximum absolute atomic E-state index is 12.3. The highest BCUT2D eigenvalue weighted by molar-refractivity contribution is 6.30. The van der Waals surface area contributed by atoms with Crippen molar-refractivity contribution in [2.45, 2.75) is 0 Å². The van der Waals surface area contributed by atoms with Crippen molar-refractivity contribution >= 4 is 23.7 Å². The standard InChI is InChI=1S/C20H19ClN4O4/c1-27-17-9-6-13(18(28-2)19(17)29-3)11-22-25-20(26)16-10-15(23-24-16)12-4-7-14(21)8-5-12/h4-11H,1-3H3,(H,23,24)(H,25,26). The second kappa shape index (κ2) is 9.11. The van der Waals surface area contributed by atoms with E-state index in [1.807, 2.05) is 12.1 Å². The summed E-state index contributed by atoms with van der Waals surface area (Å²) in [5, 5.41) is 11.4. The zero-order valence-electron chi connectivity index (χ0n) is 16.0. The van der Waals surface area contributed by atoms with Crippen molar-refractivity contribution in [3.8, 4) is 28.5 Å². The summed E-state index contributed by atoms with van der Waals surface area (Å²) in [6, 6.07) is 12.2. The Kier molecular flexibility index (Phi) is 6.36. The summed E-state index contributed by atoms with van der Waals surface area (Å²) >= 11 is 5.89. The number of hydrogen-bond donors (Lipinski definition) is 2. The number of H-pyrrole nitrogens is 1. The first kappa shape index (κ1) is 20.2. The number of carbonyl (C=O) groups is 1. The first-order valence-corrected chi connectivity index (χ1v) is 8.89. The van der Waals surface area contributed by atoms with Crippen molar-refractivity contribution in [2.75, 3.05) is 21.3 Å². The Labute approximate surface area is 172 Å². The van der Waals surface area contributed by atoms with E-state index in [1.54, 1.807) is 30.3 Å². The SMILES string of the molecule is COc1ccc(C=NNC(=O)c2cc(-c3ccc(Cl)cc3)n[nH]2)c(OC)c1OC. The van der Waals surface area contributed by atoms with E-state index >= 15 is 0 Å². The zero-order chi connectivity index (χ0) is 20.8. The Morgan fingerprint density at radius 1 is 1.07 bits per heavy atom. The minimum absolute atomic E-state index is 0.270. The van der Waals surface area contributed by atoms with E-state index in [1.165, 1.54) is 27.5 Å². The molecular weight excluding hydrogens is 396 g/mol. The molecule has 0 fully saturated rings. The van der Waals surface area contributed by atoms with Gasteiger partial charge in [0.2, 0.25) is 5.75 Å². The van der Waals surface area contributed by atoms with Crippen LogP contribution >= 0.6 is 11.6 Å². The number of methoxy groups -OCH3 is 3. The monoisotopic (exact) mass is 414 g/mol. The summed E-state index contributed by atoms with van der Waals surface area (Å²) in [6.45, 7) is 0. The van der Waals surface area contributed by atoms with Crippen molar-refractivity contribution in [1.82, 2.24) is 15.6 Å².